The van der Waals surface area contributed by atoms with E-state index in [1.165, 1.54) is 29.8 Å². The Kier molecular flexibility index (Phi) is 6.07. The van der Waals surface area contributed by atoms with Crippen molar-refractivity contribution in [2.24, 2.45) is 0 Å². The maximum absolute atomic E-state index is 13.2. The second-order valence-corrected chi connectivity index (χ2v) is 8.48. The van der Waals surface area contributed by atoms with Gasteiger partial charge in [-0.05, 0) is 56.5 Å². The number of hydrogen-bond acceptors (Lipinski definition) is 4. The number of ether oxygens (including phenoxy) is 1. The predicted molar refractivity (Wildman–Crippen MR) is 115 cm³/mol. The molecule has 0 N–H and O–H groups in total. The summed E-state index contributed by atoms with van der Waals surface area (Å²) in [6.07, 6.45) is 4.28. The molecule has 0 aliphatic carbocycles. The first-order valence-corrected chi connectivity index (χ1v) is 10.6. The van der Waals surface area contributed by atoms with Gasteiger partial charge in [-0.25, -0.2) is 9.37 Å². The van der Waals surface area contributed by atoms with E-state index in [4.69, 9.17) is 9.15 Å². The largest absolute Gasteiger partial charge is 0.478 e. The smallest absolute Gasteiger partial charge is 0.266 e. The average Bonchev–Trinajstić information content (AvgIpc) is 3.24. The molecule has 2 heterocycles. The number of aromatic nitrogens is 1. The van der Waals surface area contributed by atoms with Gasteiger partial charge in [0.15, 0.2) is 11.5 Å². The molecule has 1 aliphatic heterocycles. The Balaban J connectivity index is 1.41. The molecule has 5 nitrogen and oxygen atoms in total. The first-order valence-electron chi connectivity index (χ1n) is 10.6. The summed E-state index contributed by atoms with van der Waals surface area (Å²) in [6, 6.07) is 15.8. The molecule has 2 aromatic carbocycles. The van der Waals surface area contributed by atoms with Crippen LogP contribution in [0.1, 0.15) is 49.8 Å². The fourth-order valence-electron chi connectivity index (χ4n) is 3.98. The van der Waals surface area contributed by atoms with Crippen molar-refractivity contribution in [1.29, 1.82) is 0 Å². The van der Waals surface area contributed by atoms with Crippen LogP contribution in [0.2, 0.25) is 0 Å². The van der Waals surface area contributed by atoms with Gasteiger partial charge in [-0.3, -0.25) is 4.79 Å². The van der Waals surface area contributed by atoms with Gasteiger partial charge >= 0.3 is 0 Å². The average molecular weight is 423 g/mol. The van der Waals surface area contributed by atoms with Gasteiger partial charge in [-0.1, -0.05) is 30.3 Å². The molecule has 1 aromatic heterocycles. The molecule has 31 heavy (non-hydrogen) atoms. The Morgan fingerprint density at radius 1 is 1.19 bits per heavy atom. The van der Waals surface area contributed by atoms with Crippen LogP contribution in [0.4, 0.5) is 4.39 Å². The Morgan fingerprint density at radius 2 is 1.94 bits per heavy atom. The van der Waals surface area contributed by atoms with Crippen molar-refractivity contribution in [3.05, 3.63) is 83.8 Å². The van der Waals surface area contributed by atoms with Crippen molar-refractivity contribution in [3.8, 4) is 5.75 Å². The molecule has 1 unspecified atom stereocenters. The van der Waals surface area contributed by atoms with Crippen molar-refractivity contribution in [2.45, 2.75) is 44.6 Å². The number of hydrogen-bond donors (Lipinski definition) is 0. The lowest BCUT2D eigenvalue weighted by atomic mass is 9.96. The Morgan fingerprint density at radius 3 is 2.68 bits per heavy atom. The summed E-state index contributed by atoms with van der Waals surface area (Å²) in [6.45, 7) is 4.69. The zero-order chi connectivity index (χ0) is 21.8. The van der Waals surface area contributed by atoms with Gasteiger partial charge in [0.25, 0.3) is 5.91 Å². The Hall–Kier alpha value is -3.15. The predicted octanol–water partition coefficient (Wildman–Crippen LogP) is 4.97. The Bertz CT molecular complexity index is 1010. The highest BCUT2D eigenvalue weighted by Gasteiger charge is 2.37. The maximum Gasteiger partial charge on any atom is 0.266 e. The summed E-state index contributed by atoms with van der Waals surface area (Å²) in [5.41, 5.74) is 0.111. The molecule has 6 heteroatoms. The molecule has 1 fully saturated rings. The van der Waals surface area contributed by atoms with Crippen LogP contribution in [0.15, 0.2) is 65.2 Å². The van der Waals surface area contributed by atoms with Crippen molar-refractivity contribution < 1.29 is 18.3 Å². The van der Waals surface area contributed by atoms with E-state index in [9.17, 15) is 9.18 Å². The molecule has 1 atom stereocenters. The zero-order valence-electron chi connectivity index (χ0n) is 17.9. The number of carbonyl (C=O) groups is 1. The molecule has 1 saturated heterocycles. The highest BCUT2D eigenvalue weighted by molar-refractivity contribution is 5.85. The van der Waals surface area contributed by atoms with E-state index in [1.807, 2.05) is 23.1 Å². The SMILES string of the molecule is CC(C)(Oc1ccc(F)cc1)C(=O)N1CCCC(c2ncc(Cc3ccccc3)o2)C1. The van der Waals surface area contributed by atoms with Gasteiger partial charge in [-0.2, -0.15) is 0 Å². The fraction of sp³-hybridized carbons (Fsp3) is 0.360. The van der Waals surface area contributed by atoms with Gasteiger partial charge in [0, 0.05) is 19.5 Å². The second-order valence-electron chi connectivity index (χ2n) is 8.48. The van der Waals surface area contributed by atoms with Gasteiger partial charge in [0.1, 0.15) is 17.3 Å². The van der Waals surface area contributed by atoms with Gasteiger partial charge in [-0.15, -0.1) is 0 Å². The monoisotopic (exact) mass is 422 g/mol. The maximum atomic E-state index is 13.2. The molecule has 162 valence electrons. The third-order valence-corrected chi connectivity index (χ3v) is 5.55. The number of halogens is 1. The zero-order valence-corrected chi connectivity index (χ0v) is 17.9. The quantitative estimate of drug-likeness (QED) is 0.563. The van der Waals surface area contributed by atoms with Crippen LogP contribution < -0.4 is 4.74 Å². The highest BCUT2D eigenvalue weighted by Crippen LogP contribution is 2.29. The molecule has 3 aromatic rings. The minimum absolute atomic E-state index is 0.0591. The molecule has 0 bridgehead atoms. The third kappa shape index (κ3) is 5.13. The van der Waals surface area contributed by atoms with Crippen LogP contribution in [0.3, 0.4) is 0 Å². The summed E-state index contributed by atoms with van der Waals surface area (Å²) >= 11 is 0. The molecule has 1 amide bonds. The van der Waals surface area contributed by atoms with Gasteiger partial charge < -0.3 is 14.1 Å². The molecule has 0 saturated carbocycles. The van der Waals surface area contributed by atoms with Crippen molar-refractivity contribution in [2.75, 3.05) is 13.1 Å². The van der Waals surface area contributed by atoms with E-state index < -0.39 is 5.60 Å². The van der Waals surface area contributed by atoms with E-state index in [1.54, 1.807) is 20.0 Å². The summed E-state index contributed by atoms with van der Waals surface area (Å²) in [5, 5.41) is 0. The number of carbonyl (C=O) groups excluding carboxylic acids is 1. The van der Waals surface area contributed by atoms with E-state index in [2.05, 4.69) is 17.1 Å². The van der Waals surface area contributed by atoms with Crippen LogP contribution in [0, 0.1) is 5.82 Å². The minimum Gasteiger partial charge on any atom is -0.478 e. The van der Waals surface area contributed by atoms with E-state index in [-0.39, 0.29) is 17.6 Å². The van der Waals surface area contributed by atoms with Crippen LogP contribution in [-0.4, -0.2) is 34.5 Å². The lowest BCUT2D eigenvalue weighted by Gasteiger charge is -2.36. The number of nitrogens with zero attached hydrogens (tertiary/aromatic N) is 2. The molecule has 0 spiro atoms. The fourth-order valence-corrected chi connectivity index (χ4v) is 3.98. The van der Waals surface area contributed by atoms with Gasteiger partial charge in [0.05, 0.1) is 12.1 Å². The third-order valence-electron chi connectivity index (χ3n) is 5.55. The molecule has 0 radical (unpaired) electrons. The lowest BCUT2D eigenvalue weighted by Crippen LogP contribution is -2.51. The first kappa shape index (κ1) is 21.1. The lowest BCUT2D eigenvalue weighted by molar-refractivity contribution is -0.146. The number of likely N-dealkylation sites (tertiary alicyclic amines) is 1. The highest BCUT2D eigenvalue weighted by atomic mass is 19.1. The normalized spacial score (nSPS) is 16.9. The summed E-state index contributed by atoms with van der Waals surface area (Å²) < 4.78 is 25.1. The number of piperidine rings is 1. The Labute approximate surface area is 181 Å². The summed E-state index contributed by atoms with van der Waals surface area (Å²) in [5.74, 6) is 1.59. The van der Waals surface area contributed by atoms with Crippen LogP contribution in [0.5, 0.6) is 5.75 Å². The number of oxazole rings is 1. The van der Waals surface area contributed by atoms with E-state index >= 15 is 0 Å². The standard InChI is InChI=1S/C25H27FN2O3/c1-25(2,31-21-12-10-20(26)11-13-21)24(29)28-14-6-9-19(17-28)23-27-16-22(30-23)15-18-7-4-3-5-8-18/h3-5,7-8,10-13,16,19H,6,9,14-15,17H2,1-2H3. The van der Waals surface area contributed by atoms with Crippen LogP contribution in [-0.2, 0) is 11.2 Å². The van der Waals surface area contributed by atoms with Gasteiger partial charge in [0.2, 0.25) is 0 Å². The van der Waals surface area contributed by atoms with Crippen molar-refractivity contribution >= 4 is 5.91 Å². The molecular weight excluding hydrogens is 395 g/mol. The van der Waals surface area contributed by atoms with E-state index in [0.29, 0.717) is 31.2 Å². The number of benzene rings is 2. The minimum atomic E-state index is -1.06. The van der Waals surface area contributed by atoms with E-state index in [0.717, 1.165) is 18.6 Å². The first-order chi connectivity index (χ1) is 14.9. The molecule has 4 rings (SSSR count). The second kappa shape index (κ2) is 8.92. The summed E-state index contributed by atoms with van der Waals surface area (Å²) in [7, 11) is 0. The topological polar surface area (TPSA) is 55.6 Å². The van der Waals surface area contributed by atoms with Crippen LogP contribution in [0.25, 0.3) is 0 Å². The van der Waals surface area contributed by atoms with Crippen molar-refractivity contribution in [3.63, 3.8) is 0 Å². The molecular formula is C25H27FN2O3. The van der Waals surface area contributed by atoms with Crippen molar-refractivity contribution in [1.82, 2.24) is 9.88 Å². The summed E-state index contributed by atoms with van der Waals surface area (Å²) in [4.78, 5) is 19.5. The number of amides is 1. The molecule has 1 aliphatic rings. The van der Waals surface area contributed by atoms with Crippen LogP contribution >= 0.6 is 0 Å². The number of rotatable bonds is 6.